The lowest BCUT2D eigenvalue weighted by Crippen LogP contribution is -2.05. The Balaban J connectivity index is 0.806. The molecule has 0 N–H and O–H groups in total. The summed E-state index contributed by atoms with van der Waals surface area (Å²) in [6, 6.07) is 91.5. The van der Waals surface area contributed by atoms with E-state index in [2.05, 4.69) is 209 Å². The molecule has 5 aromatic heterocycles. The number of fused-ring (bicyclic) bond motifs is 7. The van der Waals surface area contributed by atoms with Crippen LogP contribution in [0.5, 0.6) is 0 Å². The molecule has 0 aliphatic rings. The maximum Gasteiger partial charge on any atom is 0.235 e. The van der Waals surface area contributed by atoms with Crippen LogP contribution in [-0.2, 0) is 0 Å². The Morgan fingerprint density at radius 3 is 1.35 bits per heavy atom. The summed E-state index contributed by atoms with van der Waals surface area (Å²) in [7, 11) is 0. The van der Waals surface area contributed by atoms with E-state index in [9.17, 15) is 0 Å². The van der Waals surface area contributed by atoms with Gasteiger partial charge in [0.15, 0.2) is 5.82 Å². The van der Waals surface area contributed by atoms with Crippen LogP contribution in [0.25, 0.3) is 139 Å². The lowest BCUT2D eigenvalue weighted by Gasteiger charge is -2.12. The molecule has 5 heterocycles. The minimum atomic E-state index is 0.592. The summed E-state index contributed by atoms with van der Waals surface area (Å²) in [6.07, 6.45) is 1.85. The molecule has 8 heteroatoms. The third-order valence-corrected chi connectivity index (χ3v) is 14.8. The lowest BCUT2D eigenvalue weighted by molar-refractivity contribution is 0.908. The first-order chi connectivity index (χ1) is 38.2. The molecule has 8 nitrogen and oxygen atoms in total. The topological polar surface area (TPSA) is 79.2 Å². The molecule has 0 radical (unpaired) electrons. The van der Waals surface area contributed by atoms with Crippen molar-refractivity contribution in [1.29, 1.82) is 0 Å². The Bertz CT molecular complexity index is 4700. The largest absolute Gasteiger partial charge is 0.309 e. The smallest absolute Gasteiger partial charge is 0.235 e. The van der Waals surface area contributed by atoms with Gasteiger partial charge in [-0.25, -0.2) is 24.6 Å². The van der Waals surface area contributed by atoms with E-state index in [4.69, 9.17) is 25.0 Å². The number of hydrogen-bond acceptors (Lipinski definition) is 5. The molecule has 0 saturated carbocycles. The number of aromatic nitrogens is 8. The fraction of sp³-hybridized carbons (Fsp3) is 0. The number of nitrogens with zero attached hydrogens (tertiary/aromatic N) is 8. The van der Waals surface area contributed by atoms with Gasteiger partial charge in [0.2, 0.25) is 5.95 Å². The molecule has 0 saturated heterocycles. The predicted molar refractivity (Wildman–Crippen MR) is 314 cm³/mol. The third-order valence-electron chi connectivity index (χ3n) is 14.8. The van der Waals surface area contributed by atoms with Gasteiger partial charge >= 0.3 is 0 Å². The first kappa shape index (κ1) is 44.0. The highest BCUT2D eigenvalue weighted by atomic mass is 15.3. The van der Waals surface area contributed by atoms with Gasteiger partial charge in [0.1, 0.15) is 16.7 Å². The molecule has 0 aliphatic heterocycles. The van der Waals surface area contributed by atoms with Gasteiger partial charge in [-0.05, 0) is 89.0 Å². The highest BCUT2D eigenvalue weighted by Crippen LogP contribution is 2.40. The van der Waals surface area contributed by atoms with Crippen molar-refractivity contribution in [3.63, 3.8) is 0 Å². The van der Waals surface area contributed by atoms with Gasteiger partial charge in [-0.3, -0.25) is 4.57 Å². The summed E-state index contributed by atoms with van der Waals surface area (Å²) < 4.78 is 6.50. The lowest BCUT2D eigenvalue weighted by atomic mass is 10.0. The predicted octanol–water partition coefficient (Wildman–Crippen LogP) is 16.8. The van der Waals surface area contributed by atoms with Crippen LogP contribution in [0, 0.1) is 0 Å². The highest BCUT2D eigenvalue weighted by molar-refractivity contribution is 6.13. The molecule has 0 bridgehead atoms. The zero-order valence-electron chi connectivity index (χ0n) is 41.5. The van der Waals surface area contributed by atoms with E-state index in [1.807, 2.05) is 71.5 Å². The molecular formula is C69H44N8. The first-order valence-corrected chi connectivity index (χ1v) is 25.8. The minimum Gasteiger partial charge on any atom is -0.309 e. The van der Waals surface area contributed by atoms with E-state index >= 15 is 0 Å². The van der Waals surface area contributed by atoms with Crippen LogP contribution in [-0.4, -0.2) is 38.9 Å². The number of rotatable bonds is 9. The summed E-state index contributed by atoms with van der Waals surface area (Å²) in [5.74, 6) is 1.28. The van der Waals surface area contributed by atoms with Crippen LogP contribution in [0.15, 0.2) is 267 Å². The Morgan fingerprint density at radius 1 is 0.286 bits per heavy atom. The van der Waals surface area contributed by atoms with Crippen molar-refractivity contribution in [3.8, 4) is 84.7 Å². The van der Waals surface area contributed by atoms with Gasteiger partial charge < -0.3 is 4.57 Å². The third kappa shape index (κ3) is 7.57. The van der Waals surface area contributed by atoms with Crippen LogP contribution in [0.3, 0.4) is 0 Å². The second-order valence-corrected chi connectivity index (χ2v) is 19.4. The van der Waals surface area contributed by atoms with Gasteiger partial charge in [-0.2, -0.15) is 5.10 Å². The van der Waals surface area contributed by atoms with Gasteiger partial charge in [-0.15, -0.1) is 0 Å². The Morgan fingerprint density at radius 2 is 0.740 bits per heavy atom. The number of benzene rings is 10. The molecule has 15 aromatic rings. The molecule has 0 aliphatic carbocycles. The zero-order chi connectivity index (χ0) is 50.8. The van der Waals surface area contributed by atoms with E-state index in [1.165, 1.54) is 21.9 Å². The van der Waals surface area contributed by atoms with Gasteiger partial charge in [0.05, 0.1) is 45.3 Å². The highest BCUT2D eigenvalue weighted by Gasteiger charge is 2.22. The Labute approximate surface area is 443 Å². The average molecular weight is 985 g/mol. The minimum absolute atomic E-state index is 0.592. The first-order valence-electron chi connectivity index (χ1n) is 25.8. The number of para-hydroxylation sites is 3. The SMILES string of the molecule is c1ccc(-c2ccc(-c3cc(-c4ccc(-n5c6ccccc6c6cc(-c7ccc8c(c7)c7ccccc7n8-c7nc(-c8ccccc8)c8c(cnn8-c8ccccc8)n7)ccc65)cc4)nc(-c4ccccc4)n3)cc2)cc1. The van der Waals surface area contributed by atoms with Crippen molar-refractivity contribution in [2.75, 3.05) is 0 Å². The van der Waals surface area contributed by atoms with Crippen molar-refractivity contribution in [1.82, 2.24) is 38.9 Å². The molecular weight excluding hydrogens is 941 g/mol. The second-order valence-electron chi connectivity index (χ2n) is 19.4. The Hall–Kier alpha value is -10.6. The molecule has 0 amide bonds. The fourth-order valence-corrected chi connectivity index (χ4v) is 11.1. The van der Waals surface area contributed by atoms with Gasteiger partial charge in [0.25, 0.3) is 0 Å². The van der Waals surface area contributed by atoms with Crippen LogP contribution >= 0.6 is 0 Å². The molecule has 0 fully saturated rings. The maximum atomic E-state index is 5.39. The van der Waals surface area contributed by atoms with Gasteiger partial charge in [0, 0.05) is 49.5 Å². The van der Waals surface area contributed by atoms with Crippen LogP contribution in [0.4, 0.5) is 0 Å². The quantitative estimate of drug-likeness (QED) is 0.144. The molecule has 360 valence electrons. The molecule has 15 rings (SSSR count). The maximum absolute atomic E-state index is 5.39. The van der Waals surface area contributed by atoms with Crippen molar-refractivity contribution in [2.24, 2.45) is 0 Å². The number of hydrogen-bond donors (Lipinski definition) is 0. The standard InChI is InChI=1S/C69H44N8/c1-5-17-45(18-6-1)46-29-31-47(32-30-46)59-43-60(72-68(71-59)50-21-9-3-10-22-50)48-33-37-53(38-34-48)75-62-27-15-13-25-55(62)57-41-51(35-39-64(57)75)52-36-40-65-58(42-52)56-26-14-16-28-63(56)76(65)69-73-61-44-70-77(54-23-11-4-12-24-54)67(61)66(74-69)49-19-7-2-8-20-49/h1-44H. The summed E-state index contributed by atoms with van der Waals surface area (Å²) in [6.45, 7) is 0. The van der Waals surface area contributed by atoms with E-state index < -0.39 is 0 Å². The summed E-state index contributed by atoms with van der Waals surface area (Å²) >= 11 is 0. The Kier molecular flexibility index (Phi) is 10.3. The van der Waals surface area contributed by atoms with E-state index in [0.717, 1.165) is 106 Å². The van der Waals surface area contributed by atoms with Crippen LogP contribution in [0.2, 0.25) is 0 Å². The van der Waals surface area contributed by atoms with Crippen LogP contribution < -0.4 is 0 Å². The molecule has 0 spiro atoms. The average Bonchev–Trinajstić information content (AvgIpc) is 4.30. The molecule has 77 heavy (non-hydrogen) atoms. The molecule has 10 aromatic carbocycles. The van der Waals surface area contributed by atoms with Crippen molar-refractivity contribution < 1.29 is 0 Å². The van der Waals surface area contributed by atoms with Crippen molar-refractivity contribution >= 4 is 54.6 Å². The van der Waals surface area contributed by atoms with Crippen molar-refractivity contribution in [2.45, 2.75) is 0 Å². The van der Waals surface area contributed by atoms with Gasteiger partial charge in [-0.1, -0.05) is 194 Å². The van der Waals surface area contributed by atoms with E-state index in [1.54, 1.807) is 0 Å². The summed E-state index contributed by atoms with van der Waals surface area (Å²) in [5, 5.41) is 9.47. The summed E-state index contributed by atoms with van der Waals surface area (Å²) in [5.41, 5.74) is 19.1. The molecule has 0 unspecified atom stereocenters. The summed E-state index contributed by atoms with van der Waals surface area (Å²) in [4.78, 5) is 20.9. The van der Waals surface area contributed by atoms with E-state index in [-0.39, 0.29) is 0 Å². The molecule has 0 atom stereocenters. The normalized spacial score (nSPS) is 11.6. The fourth-order valence-electron chi connectivity index (χ4n) is 11.1. The van der Waals surface area contributed by atoms with Crippen molar-refractivity contribution in [3.05, 3.63) is 267 Å². The second kappa shape index (κ2) is 18.1. The zero-order valence-corrected chi connectivity index (χ0v) is 41.5. The van der Waals surface area contributed by atoms with E-state index in [0.29, 0.717) is 11.8 Å². The monoisotopic (exact) mass is 984 g/mol. The van der Waals surface area contributed by atoms with Crippen LogP contribution in [0.1, 0.15) is 0 Å².